The van der Waals surface area contributed by atoms with E-state index in [-0.39, 0.29) is 52.6 Å². The van der Waals surface area contributed by atoms with Gasteiger partial charge in [-0.25, -0.2) is 0 Å². The van der Waals surface area contributed by atoms with Crippen LogP contribution in [0.15, 0.2) is 273 Å². The fourth-order valence-electron chi connectivity index (χ4n) is 20.2. The van der Waals surface area contributed by atoms with Gasteiger partial charge in [0.15, 0.2) is 0 Å². The van der Waals surface area contributed by atoms with Crippen LogP contribution in [0, 0.1) is 6.92 Å². The van der Waals surface area contributed by atoms with Crippen LogP contribution in [0.2, 0.25) is 0 Å². The van der Waals surface area contributed by atoms with Crippen molar-refractivity contribution >= 4 is 43.1 Å². The van der Waals surface area contributed by atoms with Gasteiger partial charge in [-0.2, -0.15) is 0 Å². The summed E-state index contributed by atoms with van der Waals surface area (Å²) in [5, 5.41) is 10.2. The first-order chi connectivity index (χ1) is 49.1. The fourth-order valence-corrected chi connectivity index (χ4v) is 20.2. The standard InChI is InChI=1S/C50H37N.C49H35N.Na.H/c1-28-43-38(24-25-51-28)45(30-20-22-34-32-14-6-8-18-39(32)49(2,3)41(34)26-30)47-36-16-10-12-29-13-11-17-37(44(29)36)48(47)46(43)31-21-23-35-33-15-7-9-19-40(33)50(4,5)42(35)27-31;1-48(2)39-17-7-5-13-31(39)33-21-19-29(25-41(33)48)44-35-23-24-50-27-38(35)45(47-37-16-10-12-28-11-9-15-36(43(28)37)46(44)47)30-20-22-34-32-14-6-8-18-40(32)49(3,4)42(34)26-30;;/h6-27H,1-5H3;5-27H,1-4H3;;/q;;+1;-1. The SMILES string of the molecule is CC1(C)c2ccccc2-c2ccc(-c3c4c(c(-c5ccc6c(c5)C(C)(C)c5ccccc5-6)c5cnccc35)-c3cccc5cccc-4c35)cc21.Cc1nccc2c(-c3ccc4c(c3)C(C)(C)c3ccccc3-4)c3c(c(-c4ccc5c(c4)C(C)(C)c4ccccc4-5)c12)-c1cccc2cccc-3c12.[H-].[Na+]. The minimum Gasteiger partial charge on any atom is -1.00 e. The fraction of sp³-hybridized carbons (Fsp3) is 0.131. The van der Waals surface area contributed by atoms with E-state index < -0.39 is 0 Å². The van der Waals surface area contributed by atoms with Crippen molar-refractivity contribution < 1.29 is 31.0 Å². The van der Waals surface area contributed by atoms with Crippen LogP contribution in [0.5, 0.6) is 0 Å². The van der Waals surface area contributed by atoms with Gasteiger partial charge in [-0.05, 0) is 254 Å². The summed E-state index contributed by atoms with van der Waals surface area (Å²) in [6.45, 7) is 21.2. The number of hydrogen-bond acceptors (Lipinski definition) is 2. The minimum absolute atomic E-state index is 0. The zero-order chi connectivity index (χ0) is 67.9. The van der Waals surface area contributed by atoms with Crippen molar-refractivity contribution in [2.75, 3.05) is 0 Å². The van der Waals surface area contributed by atoms with Gasteiger partial charge in [0.25, 0.3) is 0 Å². The maximum absolute atomic E-state index is 4.99. The van der Waals surface area contributed by atoms with Crippen LogP contribution in [-0.2, 0) is 21.7 Å². The van der Waals surface area contributed by atoms with E-state index in [1.54, 1.807) is 0 Å². The molecule has 480 valence electrons. The first kappa shape index (κ1) is 61.3. The second-order valence-corrected chi connectivity index (χ2v) is 31.4. The average Bonchev–Trinajstić information content (AvgIpc) is 1.58. The first-order valence-corrected chi connectivity index (χ1v) is 36.0. The molecule has 14 aromatic carbocycles. The van der Waals surface area contributed by atoms with E-state index >= 15 is 0 Å². The van der Waals surface area contributed by atoms with Crippen LogP contribution in [0.25, 0.3) is 177 Å². The second kappa shape index (κ2) is 21.5. The summed E-state index contributed by atoms with van der Waals surface area (Å²) >= 11 is 0. The summed E-state index contributed by atoms with van der Waals surface area (Å²) in [6, 6.07) is 96.5. The molecule has 2 nitrogen and oxygen atoms in total. The van der Waals surface area contributed by atoms with E-state index in [2.05, 4.69) is 323 Å². The predicted octanol–water partition coefficient (Wildman–Crippen LogP) is 23.4. The van der Waals surface area contributed by atoms with E-state index in [1.165, 1.54) is 221 Å². The molecule has 3 heteroatoms. The van der Waals surface area contributed by atoms with Gasteiger partial charge in [0.2, 0.25) is 0 Å². The summed E-state index contributed by atoms with van der Waals surface area (Å²) < 4.78 is 0. The van der Waals surface area contributed by atoms with Gasteiger partial charge in [-0.3, -0.25) is 9.97 Å². The number of benzene rings is 14. The Bertz CT molecular complexity index is 6280. The second-order valence-electron chi connectivity index (χ2n) is 31.4. The van der Waals surface area contributed by atoms with Crippen LogP contribution < -0.4 is 29.6 Å². The summed E-state index contributed by atoms with van der Waals surface area (Å²) in [7, 11) is 0. The Balaban J connectivity index is 0.000000139. The Kier molecular flexibility index (Phi) is 12.9. The molecular formula is C99H73N2Na. The molecule has 2 heterocycles. The normalized spacial score (nSPS) is 15.0. The maximum atomic E-state index is 4.99. The average molecular weight is 1310 g/mol. The zero-order valence-corrected chi connectivity index (χ0v) is 61.4. The molecule has 6 aliphatic carbocycles. The Hall–Kier alpha value is -10.6. The molecule has 0 bridgehead atoms. The van der Waals surface area contributed by atoms with Gasteiger partial charge < -0.3 is 1.43 Å². The Morgan fingerprint density at radius 2 is 0.539 bits per heavy atom. The smallest absolute Gasteiger partial charge is 1.00 e. The van der Waals surface area contributed by atoms with Crippen molar-refractivity contribution in [2.24, 2.45) is 0 Å². The van der Waals surface area contributed by atoms with Crippen LogP contribution in [0.4, 0.5) is 0 Å². The van der Waals surface area contributed by atoms with E-state index in [1.807, 2.05) is 12.4 Å². The van der Waals surface area contributed by atoms with Crippen molar-refractivity contribution in [1.29, 1.82) is 0 Å². The Morgan fingerprint density at radius 1 is 0.245 bits per heavy atom. The summed E-state index contributed by atoms with van der Waals surface area (Å²) in [6.07, 6.45) is 6.09. The molecular weight excluding hydrogens is 1240 g/mol. The molecule has 0 N–H and O–H groups in total. The van der Waals surface area contributed by atoms with Crippen molar-refractivity contribution in [2.45, 2.75) is 84.0 Å². The van der Waals surface area contributed by atoms with E-state index in [0.717, 1.165) is 5.69 Å². The third-order valence-electron chi connectivity index (χ3n) is 24.9. The number of fused-ring (bicyclic) bond motifs is 20. The largest absolute Gasteiger partial charge is 1.00 e. The number of pyridine rings is 2. The monoisotopic (exact) mass is 1310 g/mol. The number of aryl methyl sites for hydroxylation is 1. The molecule has 2 aromatic heterocycles. The van der Waals surface area contributed by atoms with Crippen LogP contribution in [-0.4, -0.2) is 9.97 Å². The maximum Gasteiger partial charge on any atom is 1.00 e. The minimum atomic E-state index is -0.0913. The van der Waals surface area contributed by atoms with Crippen LogP contribution >= 0.6 is 0 Å². The number of rotatable bonds is 4. The zero-order valence-electron chi connectivity index (χ0n) is 60.4. The van der Waals surface area contributed by atoms with Gasteiger partial charge in [0.05, 0.1) is 0 Å². The predicted molar refractivity (Wildman–Crippen MR) is 425 cm³/mol. The molecule has 0 radical (unpaired) electrons. The summed E-state index contributed by atoms with van der Waals surface area (Å²) in [5.41, 5.74) is 43.5. The molecule has 16 aromatic rings. The Labute approximate surface area is 620 Å². The first-order valence-electron chi connectivity index (χ1n) is 36.0. The van der Waals surface area contributed by atoms with Crippen LogP contribution in [0.3, 0.4) is 0 Å². The molecule has 0 saturated carbocycles. The summed E-state index contributed by atoms with van der Waals surface area (Å²) in [5.74, 6) is 0. The number of nitrogens with zero attached hydrogens (tertiary/aromatic N) is 2. The number of aromatic nitrogens is 2. The molecule has 0 amide bonds. The molecule has 22 rings (SSSR count). The van der Waals surface area contributed by atoms with Crippen molar-refractivity contribution in [3.8, 4) is 134 Å². The van der Waals surface area contributed by atoms with Gasteiger partial charge in [-0.1, -0.05) is 274 Å². The van der Waals surface area contributed by atoms with E-state index in [4.69, 9.17) is 9.97 Å². The van der Waals surface area contributed by atoms with Gasteiger partial charge >= 0.3 is 29.6 Å². The van der Waals surface area contributed by atoms with Gasteiger partial charge in [-0.15, -0.1) is 0 Å². The van der Waals surface area contributed by atoms with E-state index in [9.17, 15) is 0 Å². The van der Waals surface area contributed by atoms with Gasteiger partial charge in [0, 0.05) is 56.7 Å². The molecule has 0 fully saturated rings. The number of hydrogen-bond donors (Lipinski definition) is 0. The van der Waals surface area contributed by atoms with Gasteiger partial charge in [0.1, 0.15) is 0 Å². The van der Waals surface area contributed by atoms with Crippen molar-refractivity contribution in [3.63, 3.8) is 0 Å². The van der Waals surface area contributed by atoms with E-state index in [0.29, 0.717) is 0 Å². The quantitative estimate of drug-likeness (QED) is 0.164. The van der Waals surface area contributed by atoms with Crippen LogP contribution in [0.1, 0.15) is 107 Å². The third kappa shape index (κ3) is 8.06. The van der Waals surface area contributed by atoms with Crippen molar-refractivity contribution in [1.82, 2.24) is 9.97 Å². The summed E-state index contributed by atoms with van der Waals surface area (Å²) in [4.78, 5) is 9.79. The third-order valence-corrected chi connectivity index (χ3v) is 24.9. The molecule has 0 unspecified atom stereocenters. The molecule has 0 saturated heterocycles. The molecule has 102 heavy (non-hydrogen) atoms. The molecule has 0 aliphatic heterocycles. The Morgan fingerprint density at radius 3 is 0.912 bits per heavy atom. The van der Waals surface area contributed by atoms with Crippen molar-refractivity contribution in [3.05, 3.63) is 324 Å². The molecule has 0 atom stereocenters. The molecule has 6 aliphatic rings. The topological polar surface area (TPSA) is 25.8 Å². The molecule has 0 spiro atoms.